The summed E-state index contributed by atoms with van der Waals surface area (Å²) in [5.74, 6) is -1.07. The topological polar surface area (TPSA) is 150 Å². The van der Waals surface area contributed by atoms with Crippen molar-refractivity contribution < 1.29 is 53.3 Å². The van der Waals surface area contributed by atoms with Crippen molar-refractivity contribution in [3.8, 4) is 0 Å². The Balaban J connectivity index is 1.06. The number of ether oxygens (including phenoxy) is 6. The van der Waals surface area contributed by atoms with E-state index in [1.807, 2.05) is 13.8 Å². The summed E-state index contributed by atoms with van der Waals surface area (Å²) in [4.78, 5) is 23.8. The maximum absolute atomic E-state index is 12.9. The minimum Gasteiger partial charge on any atom is -0.457 e. The largest absolute Gasteiger partial charge is 0.457 e. The minimum absolute atomic E-state index is 0.0194. The third-order valence-corrected chi connectivity index (χ3v) is 16.5. The van der Waals surface area contributed by atoms with Gasteiger partial charge in [0.1, 0.15) is 30.0 Å². The Morgan fingerprint density at radius 3 is 2.24 bits per heavy atom. The summed E-state index contributed by atoms with van der Waals surface area (Å²) < 4.78 is 37.4. The molecule has 3 aliphatic heterocycles. The Labute approximate surface area is 296 Å². The molecule has 0 aromatic carbocycles. The third-order valence-electron chi connectivity index (χ3n) is 16.5. The van der Waals surface area contributed by atoms with E-state index in [9.17, 15) is 24.9 Å². The van der Waals surface area contributed by atoms with Crippen LogP contribution in [0, 0.1) is 50.7 Å². The first-order valence-electron chi connectivity index (χ1n) is 19.3. The van der Waals surface area contributed by atoms with Gasteiger partial charge in [-0.3, -0.25) is 9.59 Å². The van der Waals surface area contributed by atoms with Crippen LogP contribution in [0.15, 0.2) is 0 Å². The Morgan fingerprint density at radius 2 is 1.56 bits per heavy atom. The van der Waals surface area contributed by atoms with E-state index in [0.717, 1.165) is 51.4 Å². The second-order valence-corrected chi connectivity index (χ2v) is 19.4. The molecule has 282 valence electrons. The van der Waals surface area contributed by atoms with Gasteiger partial charge in [-0.05, 0) is 105 Å². The van der Waals surface area contributed by atoms with Crippen LogP contribution in [0.1, 0.15) is 114 Å². The van der Waals surface area contributed by atoms with Gasteiger partial charge in [-0.1, -0.05) is 34.6 Å². The summed E-state index contributed by atoms with van der Waals surface area (Å²) in [6, 6.07) is 0. The normalized spacial score (nSPS) is 55.8. The van der Waals surface area contributed by atoms with Crippen molar-refractivity contribution in [3.63, 3.8) is 0 Å². The number of hydrogen-bond donors (Lipinski definition) is 3. The maximum atomic E-state index is 12.9. The molecule has 0 unspecified atom stereocenters. The summed E-state index contributed by atoms with van der Waals surface area (Å²) >= 11 is 0. The number of hydrogen-bond acceptors (Lipinski definition) is 11. The van der Waals surface area contributed by atoms with E-state index >= 15 is 0 Å². The molecule has 3 N–H and O–H groups in total. The standard InChI is InChI=1S/C39H60O11/c1-19-16-23-30(34(6,7)48-21(3)41)50-39(49-23)29(19)35(8)14-15-38-18-37(38)13-12-26(47-31-27(43)28(46-20(2)40)22(42)17-45-31)33(4,5)24(37)10-11-25(38)36(35,9)32(39)44/h19,22-32,42-44H,10-18H2,1-9H3/t19-,22-,23-,24+,25+,26+,27-,28+,29-,30+,31+,32-,35-,36-,37-,38+,39+/m1/s1. The van der Waals surface area contributed by atoms with Gasteiger partial charge in [-0.2, -0.15) is 0 Å². The molecule has 3 saturated heterocycles. The van der Waals surface area contributed by atoms with E-state index in [0.29, 0.717) is 11.8 Å². The molecule has 0 aromatic rings. The van der Waals surface area contributed by atoms with E-state index in [1.54, 1.807) is 0 Å². The van der Waals surface area contributed by atoms with E-state index in [-0.39, 0.29) is 58.3 Å². The highest BCUT2D eigenvalue weighted by Crippen LogP contribution is 2.90. The molecule has 8 rings (SSSR count). The highest BCUT2D eigenvalue weighted by atomic mass is 16.8. The lowest BCUT2D eigenvalue weighted by molar-refractivity contribution is -0.304. The molecule has 2 bridgehead atoms. The maximum Gasteiger partial charge on any atom is 0.303 e. The molecule has 3 heterocycles. The van der Waals surface area contributed by atoms with E-state index in [4.69, 9.17) is 28.4 Å². The van der Waals surface area contributed by atoms with Crippen LogP contribution >= 0.6 is 0 Å². The van der Waals surface area contributed by atoms with Gasteiger partial charge in [0.05, 0.1) is 18.8 Å². The van der Waals surface area contributed by atoms with Gasteiger partial charge < -0.3 is 43.7 Å². The fourth-order valence-corrected chi connectivity index (χ4v) is 14.7. The fraction of sp³-hybridized carbons (Fsp3) is 0.949. The zero-order chi connectivity index (χ0) is 36.2. The lowest BCUT2D eigenvalue weighted by Gasteiger charge is -2.63. The smallest absolute Gasteiger partial charge is 0.303 e. The van der Waals surface area contributed by atoms with Crippen molar-refractivity contribution in [3.05, 3.63) is 0 Å². The van der Waals surface area contributed by atoms with Gasteiger partial charge in [0, 0.05) is 25.2 Å². The number of rotatable bonds is 5. The summed E-state index contributed by atoms with van der Waals surface area (Å²) in [6.45, 7) is 18.0. The predicted octanol–water partition coefficient (Wildman–Crippen LogP) is 4.26. The second kappa shape index (κ2) is 10.9. The van der Waals surface area contributed by atoms with Gasteiger partial charge in [0.25, 0.3) is 0 Å². The van der Waals surface area contributed by atoms with Gasteiger partial charge in [-0.15, -0.1) is 0 Å². The molecule has 0 amide bonds. The summed E-state index contributed by atoms with van der Waals surface area (Å²) in [5.41, 5.74) is -1.49. The van der Waals surface area contributed by atoms with Crippen LogP contribution in [0.5, 0.6) is 0 Å². The number of carbonyl (C=O) groups is 2. The summed E-state index contributed by atoms with van der Waals surface area (Å²) in [5, 5.41) is 34.3. The van der Waals surface area contributed by atoms with E-state index < -0.39 is 59.6 Å². The van der Waals surface area contributed by atoms with Gasteiger partial charge >= 0.3 is 11.9 Å². The molecule has 0 aromatic heterocycles. The number of aliphatic hydroxyl groups is 3. The quantitative estimate of drug-likeness (QED) is 0.278. The first-order chi connectivity index (χ1) is 23.2. The van der Waals surface area contributed by atoms with Crippen molar-refractivity contribution in [2.45, 2.75) is 174 Å². The Kier molecular flexibility index (Phi) is 7.76. The average Bonchev–Trinajstić information content (AvgIpc) is 3.53. The molecular weight excluding hydrogens is 644 g/mol. The van der Waals surface area contributed by atoms with E-state index in [2.05, 4.69) is 34.6 Å². The highest BCUT2D eigenvalue weighted by Gasteiger charge is 2.88. The third kappa shape index (κ3) is 4.29. The minimum atomic E-state index is -1.29. The number of carbonyl (C=O) groups excluding carboxylic acids is 2. The van der Waals surface area contributed by atoms with Crippen LogP contribution in [0.2, 0.25) is 0 Å². The molecular formula is C39H60O11. The molecule has 8 aliphatic rings. The summed E-state index contributed by atoms with van der Waals surface area (Å²) in [7, 11) is 0. The first kappa shape index (κ1) is 35.7. The average molecular weight is 705 g/mol. The van der Waals surface area contributed by atoms with Crippen LogP contribution in [-0.4, -0.2) is 94.3 Å². The summed E-state index contributed by atoms with van der Waals surface area (Å²) in [6.07, 6.45) is 1.66. The molecule has 5 saturated carbocycles. The van der Waals surface area contributed by atoms with Crippen molar-refractivity contribution in [2.75, 3.05) is 6.61 Å². The molecule has 8 fully saturated rings. The monoisotopic (exact) mass is 704 g/mol. The highest BCUT2D eigenvalue weighted by molar-refractivity contribution is 5.66. The van der Waals surface area contributed by atoms with Crippen molar-refractivity contribution in [1.29, 1.82) is 0 Å². The Hall–Kier alpha value is -1.34. The SMILES string of the molecule is CC(=O)O[C@@H]1[C@@H](O)[C@H](O[C@H]2CC[C@]34C[C@]35CC[C@]3(C)[C@H]6[C@H](C)C[C@H]7O[C@@]6(O[C@@H]7C(C)(C)OC(C)=O)[C@H](O)[C@@]3(C)[C@@H]5CC[C@H]4C2(C)C)OC[C@H]1O. The van der Waals surface area contributed by atoms with Crippen LogP contribution in [0.4, 0.5) is 0 Å². The van der Waals surface area contributed by atoms with Crippen LogP contribution in [-0.2, 0) is 38.0 Å². The van der Waals surface area contributed by atoms with E-state index in [1.165, 1.54) is 13.8 Å². The van der Waals surface area contributed by atoms with Crippen LogP contribution < -0.4 is 0 Å². The zero-order valence-corrected chi connectivity index (χ0v) is 31.4. The number of esters is 2. The number of fused-ring (bicyclic) bond motifs is 4. The predicted molar refractivity (Wildman–Crippen MR) is 178 cm³/mol. The molecule has 11 nitrogen and oxygen atoms in total. The lowest BCUT2D eigenvalue weighted by atomic mass is 9.41. The molecule has 17 atom stereocenters. The lowest BCUT2D eigenvalue weighted by Crippen LogP contribution is -2.61. The fourth-order valence-electron chi connectivity index (χ4n) is 14.7. The first-order valence-corrected chi connectivity index (χ1v) is 19.3. The van der Waals surface area contributed by atoms with Crippen molar-refractivity contribution >= 4 is 11.9 Å². The molecule has 50 heavy (non-hydrogen) atoms. The molecule has 0 radical (unpaired) electrons. The molecule has 11 heteroatoms. The molecule has 5 aliphatic carbocycles. The zero-order valence-electron chi connectivity index (χ0n) is 31.4. The van der Waals surface area contributed by atoms with Crippen molar-refractivity contribution in [2.24, 2.45) is 50.7 Å². The molecule has 3 spiro atoms. The van der Waals surface area contributed by atoms with Gasteiger partial charge in [0.15, 0.2) is 18.2 Å². The van der Waals surface area contributed by atoms with Gasteiger partial charge in [-0.25, -0.2) is 0 Å². The van der Waals surface area contributed by atoms with Gasteiger partial charge in [0.2, 0.25) is 0 Å². The Bertz CT molecular complexity index is 1430. The number of aliphatic hydroxyl groups excluding tert-OH is 3. The second-order valence-electron chi connectivity index (χ2n) is 19.4. The van der Waals surface area contributed by atoms with Crippen LogP contribution in [0.25, 0.3) is 0 Å². The Morgan fingerprint density at radius 1 is 0.880 bits per heavy atom. The van der Waals surface area contributed by atoms with Crippen molar-refractivity contribution in [1.82, 2.24) is 0 Å². The van der Waals surface area contributed by atoms with Crippen LogP contribution in [0.3, 0.4) is 0 Å².